The SMILES string of the molecule is Cl.O=C1OC[C@H]2CN(C(=O)COCc3nc4ccccc4[nH]3)C[C@@H]12. The fourth-order valence-corrected chi connectivity index (χ4v) is 3.21. The number of nitrogens with zero attached hydrogens (tertiary/aromatic N) is 2. The fourth-order valence-electron chi connectivity index (χ4n) is 3.21. The summed E-state index contributed by atoms with van der Waals surface area (Å²) in [6.45, 7) is 1.68. The Labute approximate surface area is 144 Å². The Morgan fingerprint density at radius 2 is 2.21 bits per heavy atom. The first-order chi connectivity index (χ1) is 11.2. The number of likely N-dealkylation sites (tertiary alicyclic amines) is 1. The number of imidazole rings is 1. The highest BCUT2D eigenvalue weighted by atomic mass is 35.5. The number of H-pyrrole nitrogens is 1. The summed E-state index contributed by atoms with van der Waals surface area (Å²) in [5, 5.41) is 0. The number of aromatic amines is 1. The van der Waals surface area contributed by atoms with E-state index in [0.717, 1.165) is 11.0 Å². The predicted octanol–water partition coefficient (Wildman–Crippen LogP) is 1.13. The van der Waals surface area contributed by atoms with Crippen molar-refractivity contribution in [2.45, 2.75) is 6.61 Å². The lowest BCUT2D eigenvalue weighted by atomic mass is 10.0. The highest BCUT2D eigenvalue weighted by molar-refractivity contribution is 5.85. The Morgan fingerprint density at radius 1 is 1.38 bits per heavy atom. The van der Waals surface area contributed by atoms with Gasteiger partial charge in [-0.05, 0) is 12.1 Å². The number of carbonyl (C=O) groups is 2. The minimum atomic E-state index is -0.187. The lowest BCUT2D eigenvalue weighted by molar-refractivity contribution is -0.142. The van der Waals surface area contributed by atoms with E-state index in [2.05, 4.69) is 9.97 Å². The van der Waals surface area contributed by atoms with Gasteiger partial charge in [0.1, 0.15) is 19.0 Å². The van der Waals surface area contributed by atoms with Crippen molar-refractivity contribution in [2.75, 3.05) is 26.3 Å². The van der Waals surface area contributed by atoms with Crippen LogP contribution in [0.2, 0.25) is 0 Å². The third-order valence-electron chi connectivity index (χ3n) is 4.44. The van der Waals surface area contributed by atoms with Crippen LogP contribution in [0.1, 0.15) is 5.82 Å². The second kappa shape index (κ2) is 6.78. The van der Waals surface area contributed by atoms with Crippen LogP contribution in [0.15, 0.2) is 24.3 Å². The van der Waals surface area contributed by atoms with Gasteiger partial charge in [-0.3, -0.25) is 9.59 Å². The van der Waals surface area contributed by atoms with E-state index in [1.807, 2.05) is 24.3 Å². The molecule has 24 heavy (non-hydrogen) atoms. The molecular weight excluding hydrogens is 334 g/mol. The van der Waals surface area contributed by atoms with Crippen molar-refractivity contribution in [1.29, 1.82) is 0 Å². The Bertz CT molecular complexity index is 730. The van der Waals surface area contributed by atoms with E-state index < -0.39 is 0 Å². The monoisotopic (exact) mass is 351 g/mol. The van der Waals surface area contributed by atoms with Gasteiger partial charge >= 0.3 is 5.97 Å². The molecule has 1 aromatic heterocycles. The van der Waals surface area contributed by atoms with Crippen molar-refractivity contribution >= 4 is 35.3 Å². The second-order valence-corrected chi connectivity index (χ2v) is 5.99. The number of rotatable bonds is 4. The molecule has 2 atom stereocenters. The smallest absolute Gasteiger partial charge is 0.311 e. The fraction of sp³-hybridized carbons (Fsp3) is 0.438. The van der Waals surface area contributed by atoms with Crippen LogP contribution in [0.4, 0.5) is 0 Å². The number of halogens is 1. The first-order valence-corrected chi connectivity index (χ1v) is 7.66. The Kier molecular flexibility index (Phi) is 4.73. The maximum atomic E-state index is 12.2. The molecule has 3 heterocycles. The van der Waals surface area contributed by atoms with Crippen LogP contribution >= 0.6 is 12.4 Å². The minimum Gasteiger partial charge on any atom is -0.465 e. The summed E-state index contributed by atoms with van der Waals surface area (Å²) in [7, 11) is 0. The largest absolute Gasteiger partial charge is 0.465 e. The number of hydrogen-bond donors (Lipinski definition) is 1. The average Bonchev–Trinajstić information content (AvgIpc) is 3.22. The van der Waals surface area contributed by atoms with Crippen molar-refractivity contribution in [3.05, 3.63) is 30.1 Å². The molecule has 0 saturated carbocycles. The maximum Gasteiger partial charge on any atom is 0.311 e. The number of para-hydroxylation sites is 2. The molecule has 0 aliphatic carbocycles. The van der Waals surface area contributed by atoms with E-state index in [-0.39, 0.29) is 49.3 Å². The number of carbonyl (C=O) groups excluding carboxylic acids is 2. The zero-order valence-corrected chi connectivity index (χ0v) is 13.8. The lowest BCUT2D eigenvalue weighted by Gasteiger charge is -2.16. The van der Waals surface area contributed by atoms with Gasteiger partial charge in [0.15, 0.2) is 0 Å². The molecule has 1 aromatic carbocycles. The van der Waals surface area contributed by atoms with E-state index >= 15 is 0 Å². The molecule has 1 N–H and O–H groups in total. The number of aromatic nitrogens is 2. The number of ether oxygens (including phenoxy) is 2. The van der Waals surface area contributed by atoms with E-state index in [1.54, 1.807) is 4.90 Å². The summed E-state index contributed by atoms with van der Waals surface area (Å²) in [6, 6.07) is 7.72. The zero-order valence-electron chi connectivity index (χ0n) is 12.9. The number of hydrogen-bond acceptors (Lipinski definition) is 5. The van der Waals surface area contributed by atoms with Gasteiger partial charge in [-0.2, -0.15) is 0 Å². The van der Waals surface area contributed by atoms with E-state index in [4.69, 9.17) is 9.47 Å². The number of fused-ring (bicyclic) bond motifs is 2. The third-order valence-corrected chi connectivity index (χ3v) is 4.44. The lowest BCUT2D eigenvalue weighted by Crippen LogP contribution is -2.33. The van der Waals surface area contributed by atoms with Crippen molar-refractivity contribution in [3.8, 4) is 0 Å². The first-order valence-electron chi connectivity index (χ1n) is 7.66. The van der Waals surface area contributed by atoms with Crippen molar-refractivity contribution in [1.82, 2.24) is 14.9 Å². The molecule has 7 nitrogen and oxygen atoms in total. The molecule has 4 rings (SSSR count). The quantitative estimate of drug-likeness (QED) is 0.835. The molecule has 2 aromatic rings. The first kappa shape index (κ1) is 16.7. The molecule has 2 fully saturated rings. The molecule has 0 bridgehead atoms. The van der Waals surface area contributed by atoms with Gasteiger partial charge in [0.25, 0.3) is 0 Å². The summed E-state index contributed by atoms with van der Waals surface area (Å²) in [6.07, 6.45) is 0. The molecule has 2 aliphatic heterocycles. The number of esters is 1. The summed E-state index contributed by atoms with van der Waals surface area (Å²) < 4.78 is 10.5. The van der Waals surface area contributed by atoms with Crippen LogP contribution in [-0.4, -0.2) is 53.0 Å². The number of cyclic esters (lactones) is 1. The number of benzene rings is 1. The maximum absolute atomic E-state index is 12.2. The Morgan fingerprint density at radius 3 is 3.00 bits per heavy atom. The van der Waals surface area contributed by atoms with Gasteiger partial charge in [-0.1, -0.05) is 12.1 Å². The average molecular weight is 352 g/mol. The number of amides is 1. The molecule has 0 unspecified atom stereocenters. The standard InChI is InChI=1S/C16H17N3O4.ClH/c20-15(19-5-10-7-23-16(21)11(10)6-19)9-22-8-14-17-12-3-1-2-4-13(12)18-14;/h1-4,10-11H,5-9H2,(H,17,18);1H/t10-,11-;/m1./s1. The second-order valence-electron chi connectivity index (χ2n) is 5.99. The third kappa shape index (κ3) is 3.09. The van der Waals surface area contributed by atoms with E-state index in [0.29, 0.717) is 25.5 Å². The molecule has 0 spiro atoms. The van der Waals surface area contributed by atoms with Crippen molar-refractivity contribution in [2.24, 2.45) is 11.8 Å². The normalized spacial score (nSPS) is 22.3. The zero-order chi connectivity index (χ0) is 15.8. The molecule has 0 radical (unpaired) electrons. The van der Waals surface area contributed by atoms with E-state index in [1.165, 1.54) is 0 Å². The van der Waals surface area contributed by atoms with Crippen LogP contribution in [0, 0.1) is 11.8 Å². The van der Waals surface area contributed by atoms with Crippen LogP contribution in [0.5, 0.6) is 0 Å². The van der Waals surface area contributed by atoms with Gasteiger partial charge in [0, 0.05) is 19.0 Å². The van der Waals surface area contributed by atoms with Crippen LogP contribution in [0.3, 0.4) is 0 Å². The summed E-state index contributed by atoms with van der Waals surface area (Å²) in [5.41, 5.74) is 1.83. The van der Waals surface area contributed by atoms with Gasteiger partial charge in [-0.15, -0.1) is 12.4 Å². The Balaban J connectivity index is 0.00000169. The van der Waals surface area contributed by atoms with Crippen molar-refractivity contribution in [3.63, 3.8) is 0 Å². The highest BCUT2D eigenvalue weighted by Gasteiger charge is 2.45. The highest BCUT2D eigenvalue weighted by Crippen LogP contribution is 2.30. The topological polar surface area (TPSA) is 84.5 Å². The van der Waals surface area contributed by atoms with Gasteiger partial charge in [0.05, 0.1) is 23.6 Å². The van der Waals surface area contributed by atoms with Crippen LogP contribution < -0.4 is 0 Å². The predicted molar refractivity (Wildman–Crippen MR) is 87.5 cm³/mol. The Hall–Kier alpha value is -2.12. The van der Waals surface area contributed by atoms with Crippen molar-refractivity contribution < 1.29 is 19.1 Å². The van der Waals surface area contributed by atoms with Crippen LogP contribution in [0.25, 0.3) is 11.0 Å². The molecule has 128 valence electrons. The minimum absolute atomic E-state index is 0. The van der Waals surface area contributed by atoms with Crippen LogP contribution in [-0.2, 0) is 25.7 Å². The van der Waals surface area contributed by atoms with Gasteiger partial charge in [0.2, 0.25) is 5.91 Å². The number of nitrogens with one attached hydrogen (secondary N) is 1. The molecule has 2 aliphatic rings. The van der Waals surface area contributed by atoms with E-state index in [9.17, 15) is 9.59 Å². The summed E-state index contributed by atoms with van der Waals surface area (Å²) >= 11 is 0. The molecule has 1 amide bonds. The molecular formula is C16H18ClN3O4. The van der Waals surface area contributed by atoms with Gasteiger partial charge in [-0.25, -0.2) is 4.98 Å². The molecule has 2 saturated heterocycles. The van der Waals surface area contributed by atoms with Gasteiger partial charge < -0.3 is 19.4 Å². The summed E-state index contributed by atoms with van der Waals surface area (Å²) in [5.74, 6) is 0.397. The molecule has 8 heteroatoms. The summed E-state index contributed by atoms with van der Waals surface area (Å²) in [4.78, 5) is 32.9.